The van der Waals surface area contributed by atoms with Crippen LogP contribution in [0.15, 0.2) is 18.2 Å². The zero-order valence-electron chi connectivity index (χ0n) is 6.02. The Morgan fingerprint density at radius 2 is 2.17 bits per heavy atom. The fourth-order valence-corrected chi connectivity index (χ4v) is 1.70. The molecule has 0 unspecified atom stereocenters. The molecule has 0 bridgehead atoms. The summed E-state index contributed by atoms with van der Waals surface area (Å²) in [4.78, 5) is 4.04. The van der Waals surface area contributed by atoms with Gasteiger partial charge in [0.25, 0.3) is 0 Å². The Kier molecular flexibility index (Phi) is 2.40. The summed E-state index contributed by atoms with van der Waals surface area (Å²) in [5.74, 6) is 0.251. The molecule has 0 spiro atoms. The molecule has 0 amide bonds. The van der Waals surface area contributed by atoms with Crippen molar-refractivity contribution >= 4 is 39.1 Å². The molecular weight excluding hydrogens is 196 g/mol. The van der Waals surface area contributed by atoms with Crippen molar-refractivity contribution in [3.63, 3.8) is 0 Å². The molecule has 1 aromatic heterocycles. The maximum Gasteiger partial charge on any atom is 0.181 e. The average molecular weight is 203 g/mol. The molecule has 0 saturated heterocycles. The van der Waals surface area contributed by atoms with Gasteiger partial charge in [-0.25, -0.2) is 4.98 Å². The summed E-state index contributed by atoms with van der Waals surface area (Å²) in [6.07, 6.45) is 0. The van der Waals surface area contributed by atoms with Crippen LogP contribution in [0.25, 0.3) is 10.2 Å². The normalized spacial score (nSPS) is 9.67. The Hall–Kier alpha value is -1.000. The highest BCUT2D eigenvalue weighted by Crippen LogP contribution is 2.26. The van der Waals surface area contributed by atoms with Crippen molar-refractivity contribution in [3.8, 4) is 5.75 Å². The summed E-state index contributed by atoms with van der Waals surface area (Å²) >= 11 is 1.37. The smallest absolute Gasteiger partial charge is 0.181 e. The average Bonchev–Trinajstić information content (AvgIpc) is 2.27. The number of aromatic hydroxyl groups is 1. The van der Waals surface area contributed by atoms with Crippen LogP contribution in [0, 0.1) is 0 Å². The predicted molar refractivity (Wildman–Crippen MR) is 52.9 cm³/mol. The number of anilines is 1. The number of hydrogen-bond acceptors (Lipinski definition) is 4. The van der Waals surface area contributed by atoms with Crippen molar-refractivity contribution in [3.05, 3.63) is 18.2 Å². The minimum absolute atomic E-state index is 0. The van der Waals surface area contributed by atoms with Crippen LogP contribution in [0.4, 0.5) is 5.13 Å². The van der Waals surface area contributed by atoms with Gasteiger partial charge in [-0.1, -0.05) is 11.3 Å². The number of thiazole rings is 1. The minimum Gasteiger partial charge on any atom is -0.508 e. The van der Waals surface area contributed by atoms with Crippen LogP contribution in [0.1, 0.15) is 0 Å². The van der Waals surface area contributed by atoms with E-state index in [0.29, 0.717) is 5.13 Å². The van der Waals surface area contributed by atoms with Gasteiger partial charge in [0.15, 0.2) is 5.13 Å². The van der Waals surface area contributed by atoms with Crippen LogP contribution in [0.3, 0.4) is 0 Å². The number of aromatic nitrogens is 1. The molecule has 1 aromatic carbocycles. The summed E-state index contributed by atoms with van der Waals surface area (Å²) in [6.45, 7) is 0. The van der Waals surface area contributed by atoms with E-state index in [1.54, 1.807) is 18.2 Å². The highest BCUT2D eigenvalue weighted by Gasteiger charge is 1.99. The molecule has 0 fully saturated rings. The first kappa shape index (κ1) is 9.09. The summed E-state index contributed by atoms with van der Waals surface area (Å²) in [5, 5.41) is 9.61. The molecule has 0 radical (unpaired) electrons. The van der Waals surface area contributed by atoms with Crippen LogP contribution < -0.4 is 5.73 Å². The Labute approximate surface area is 79.3 Å². The number of hydrogen-bond donors (Lipinski definition) is 2. The third-order valence-corrected chi connectivity index (χ3v) is 2.24. The lowest BCUT2D eigenvalue weighted by Gasteiger charge is -1.87. The monoisotopic (exact) mass is 202 g/mol. The van der Waals surface area contributed by atoms with Gasteiger partial charge >= 0.3 is 0 Å². The molecule has 64 valence electrons. The number of benzene rings is 1. The number of nitrogen functional groups attached to an aromatic ring is 1. The van der Waals surface area contributed by atoms with Crippen LogP contribution in [0.5, 0.6) is 5.75 Å². The van der Waals surface area contributed by atoms with E-state index in [9.17, 15) is 0 Å². The van der Waals surface area contributed by atoms with Crippen molar-refractivity contribution < 1.29 is 5.11 Å². The summed E-state index contributed by atoms with van der Waals surface area (Å²) in [6, 6.07) is 5.00. The van der Waals surface area contributed by atoms with Gasteiger partial charge in [0, 0.05) is 0 Å². The van der Waals surface area contributed by atoms with Crippen molar-refractivity contribution in [1.82, 2.24) is 4.98 Å². The predicted octanol–water partition coefficient (Wildman–Crippen LogP) is 2.01. The molecule has 0 aliphatic heterocycles. The zero-order chi connectivity index (χ0) is 7.84. The van der Waals surface area contributed by atoms with Crippen LogP contribution in [-0.4, -0.2) is 10.1 Å². The Bertz CT molecular complexity index is 401. The Morgan fingerprint density at radius 1 is 1.42 bits per heavy atom. The quantitative estimate of drug-likeness (QED) is 0.687. The highest BCUT2D eigenvalue weighted by molar-refractivity contribution is 7.22. The van der Waals surface area contributed by atoms with Gasteiger partial charge in [-0.3, -0.25) is 0 Å². The van der Waals surface area contributed by atoms with Crippen molar-refractivity contribution in [2.24, 2.45) is 0 Å². The lowest BCUT2D eigenvalue weighted by atomic mass is 10.3. The fourth-order valence-electron chi connectivity index (χ4n) is 0.931. The van der Waals surface area contributed by atoms with Crippen LogP contribution >= 0.6 is 23.7 Å². The first-order valence-corrected chi connectivity index (χ1v) is 3.92. The van der Waals surface area contributed by atoms with Crippen molar-refractivity contribution in [1.29, 1.82) is 0 Å². The Morgan fingerprint density at radius 3 is 2.92 bits per heavy atom. The van der Waals surface area contributed by atoms with Crippen molar-refractivity contribution in [2.45, 2.75) is 0 Å². The van der Waals surface area contributed by atoms with Crippen LogP contribution in [0.2, 0.25) is 0 Å². The van der Waals surface area contributed by atoms with Gasteiger partial charge in [0.1, 0.15) is 5.75 Å². The molecule has 0 aliphatic carbocycles. The molecule has 2 aromatic rings. The SMILES string of the molecule is Cl.Nc1nc2ccc(O)cc2s1. The number of nitrogens with two attached hydrogens (primary N) is 1. The van der Waals surface area contributed by atoms with E-state index in [1.165, 1.54) is 11.3 Å². The number of nitrogens with zero attached hydrogens (tertiary/aromatic N) is 1. The van der Waals surface area contributed by atoms with E-state index in [4.69, 9.17) is 10.8 Å². The van der Waals surface area contributed by atoms with Crippen LogP contribution in [-0.2, 0) is 0 Å². The first-order valence-electron chi connectivity index (χ1n) is 3.11. The van der Waals surface area contributed by atoms with Gasteiger partial charge in [-0.15, -0.1) is 12.4 Å². The number of halogens is 1. The maximum absolute atomic E-state index is 9.08. The number of rotatable bonds is 0. The standard InChI is InChI=1S/C7H6N2OS.ClH/c8-7-9-5-2-1-4(10)3-6(5)11-7;/h1-3,10H,(H2,8,9);1H. The van der Waals surface area contributed by atoms with Gasteiger partial charge in [0.2, 0.25) is 0 Å². The van der Waals surface area contributed by atoms with Gasteiger partial charge in [0.05, 0.1) is 10.2 Å². The zero-order valence-corrected chi connectivity index (χ0v) is 7.65. The summed E-state index contributed by atoms with van der Waals surface area (Å²) in [7, 11) is 0. The van der Waals surface area contributed by atoms with Gasteiger partial charge in [-0.05, 0) is 18.2 Å². The number of phenols is 1. The molecule has 3 N–H and O–H groups in total. The fraction of sp³-hybridized carbons (Fsp3) is 0. The topological polar surface area (TPSA) is 59.1 Å². The molecular formula is C7H7ClN2OS. The van der Waals surface area contributed by atoms with E-state index >= 15 is 0 Å². The number of fused-ring (bicyclic) bond motifs is 1. The second-order valence-electron chi connectivity index (χ2n) is 2.20. The van der Waals surface area contributed by atoms with E-state index < -0.39 is 0 Å². The number of phenolic OH excluding ortho intramolecular Hbond substituents is 1. The largest absolute Gasteiger partial charge is 0.508 e. The third kappa shape index (κ3) is 1.44. The van der Waals surface area contributed by atoms with Crippen molar-refractivity contribution in [2.75, 3.05) is 5.73 Å². The highest BCUT2D eigenvalue weighted by atomic mass is 35.5. The molecule has 0 saturated carbocycles. The Balaban J connectivity index is 0.000000720. The van der Waals surface area contributed by atoms with Gasteiger partial charge < -0.3 is 10.8 Å². The molecule has 1 heterocycles. The second kappa shape index (κ2) is 3.16. The third-order valence-electron chi connectivity index (χ3n) is 1.39. The van der Waals surface area contributed by atoms with E-state index in [1.807, 2.05) is 0 Å². The second-order valence-corrected chi connectivity index (χ2v) is 3.27. The molecule has 2 rings (SSSR count). The van der Waals surface area contributed by atoms with E-state index in [-0.39, 0.29) is 18.2 Å². The lowest BCUT2D eigenvalue weighted by Crippen LogP contribution is -1.78. The lowest BCUT2D eigenvalue weighted by molar-refractivity contribution is 0.476. The summed E-state index contributed by atoms with van der Waals surface area (Å²) < 4.78 is 0.919. The van der Waals surface area contributed by atoms with Gasteiger partial charge in [-0.2, -0.15) is 0 Å². The molecule has 0 aliphatic rings. The van der Waals surface area contributed by atoms with E-state index in [2.05, 4.69) is 4.98 Å². The maximum atomic E-state index is 9.08. The summed E-state index contributed by atoms with van der Waals surface area (Å²) in [5.41, 5.74) is 6.30. The minimum atomic E-state index is 0. The molecule has 0 atom stereocenters. The van der Waals surface area contributed by atoms with E-state index in [0.717, 1.165) is 10.2 Å². The molecule has 5 heteroatoms. The first-order chi connectivity index (χ1) is 5.25. The molecule has 12 heavy (non-hydrogen) atoms. The molecule has 3 nitrogen and oxygen atoms in total.